The smallest absolute Gasteiger partial charge is 0.421 e. The van der Waals surface area contributed by atoms with Gasteiger partial charge in [0.2, 0.25) is 0 Å². The van der Waals surface area contributed by atoms with Crippen LogP contribution in [0.2, 0.25) is 0 Å². The predicted octanol–water partition coefficient (Wildman–Crippen LogP) is 5.06. The molecule has 3 aromatic rings. The number of aromatic nitrogens is 5. The third kappa shape index (κ3) is 6.92. The summed E-state index contributed by atoms with van der Waals surface area (Å²) >= 11 is 0. The first-order valence-corrected chi connectivity index (χ1v) is 13.7. The average Bonchev–Trinajstić information content (AvgIpc) is 3.52. The van der Waals surface area contributed by atoms with Crippen molar-refractivity contribution < 1.29 is 32.2 Å². The van der Waals surface area contributed by atoms with E-state index in [1.165, 1.54) is 20.5 Å². The summed E-state index contributed by atoms with van der Waals surface area (Å²) in [5.41, 5.74) is -0.392. The molecule has 0 aliphatic carbocycles. The van der Waals surface area contributed by atoms with Crippen LogP contribution >= 0.6 is 0 Å². The first kappa shape index (κ1) is 30.6. The Morgan fingerprint density at radius 1 is 1.10 bits per heavy atom. The number of anilines is 1. The molecular formula is C27H38F3N7O4. The second-order valence-corrected chi connectivity index (χ2v) is 10.9. The normalized spacial score (nSPS) is 16.4. The lowest BCUT2D eigenvalue weighted by Gasteiger charge is -2.35. The van der Waals surface area contributed by atoms with Crippen LogP contribution in [0, 0.1) is 0 Å². The minimum Gasteiger partial charge on any atom is -0.444 e. The molecule has 0 aromatic carbocycles. The molecule has 1 aliphatic heterocycles. The molecule has 11 nitrogen and oxygen atoms in total. The fourth-order valence-corrected chi connectivity index (χ4v) is 4.87. The number of alkyl halides is 3. The van der Waals surface area contributed by atoms with E-state index in [2.05, 4.69) is 15.2 Å². The van der Waals surface area contributed by atoms with Crippen LogP contribution in [0.25, 0.3) is 16.8 Å². The van der Waals surface area contributed by atoms with Gasteiger partial charge in [-0.2, -0.15) is 27.9 Å². The number of rotatable bonds is 9. The maximum absolute atomic E-state index is 15.1. The maximum atomic E-state index is 15.1. The van der Waals surface area contributed by atoms with E-state index in [1.54, 1.807) is 58.7 Å². The van der Waals surface area contributed by atoms with Crippen molar-refractivity contribution in [1.82, 2.24) is 29.3 Å². The van der Waals surface area contributed by atoms with Crippen LogP contribution in [-0.2, 0) is 27.4 Å². The monoisotopic (exact) mass is 581 g/mol. The highest BCUT2D eigenvalue weighted by Crippen LogP contribution is 2.44. The molecule has 1 unspecified atom stereocenters. The third-order valence-electron chi connectivity index (χ3n) is 6.61. The van der Waals surface area contributed by atoms with Crippen LogP contribution < -0.4 is 4.90 Å². The summed E-state index contributed by atoms with van der Waals surface area (Å²) in [6.45, 7) is 9.46. The molecule has 0 N–H and O–H groups in total. The van der Waals surface area contributed by atoms with Crippen LogP contribution in [0.15, 0.2) is 18.6 Å². The highest BCUT2D eigenvalue weighted by molar-refractivity contribution is 5.78. The minimum atomic E-state index is -4.79. The zero-order valence-electron chi connectivity index (χ0n) is 24.4. The Hall–Kier alpha value is -3.39. The molecule has 1 fully saturated rings. The van der Waals surface area contributed by atoms with Crippen molar-refractivity contribution in [3.8, 4) is 11.1 Å². The molecule has 1 saturated heterocycles. The zero-order valence-corrected chi connectivity index (χ0v) is 24.4. The number of carbonyl (C=O) groups is 1. The van der Waals surface area contributed by atoms with Crippen LogP contribution in [0.4, 0.5) is 23.8 Å². The maximum Gasteiger partial charge on any atom is 0.421 e. The Labute approximate surface area is 237 Å². The van der Waals surface area contributed by atoms with Crippen molar-refractivity contribution >= 4 is 17.6 Å². The van der Waals surface area contributed by atoms with Gasteiger partial charge in [-0.3, -0.25) is 4.68 Å². The number of hydrogen-bond acceptors (Lipinski definition) is 8. The number of fused-ring (bicyclic) bond motifs is 1. The number of ether oxygens (including phenoxy) is 3. The van der Waals surface area contributed by atoms with E-state index in [9.17, 15) is 4.79 Å². The van der Waals surface area contributed by atoms with E-state index in [4.69, 9.17) is 14.2 Å². The second-order valence-electron chi connectivity index (χ2n) is 10.9. The largest absolute Gasteiger partial charge is 0.444 e. The molecule has 1 aliphatic rings. The molecule has 4 rings (SSSR count). The summed E-state index contributed by atoms with van der Waals surface area (Å²) in [7, 11) is 1.75. The lowest BCUT2D eigenvalue weighted by atomic mass is 9.91. The summed E-state index contributed by atoms with van der Waals surface area (Å²) in [5, 5.41) is 8.57. The molecule has 1 amide bonds. The summed E-state index contributed by atoms with van der Waals surface area (Å²) in [6, 6.07) is 0. The Balaban J connectivity index is 1.94. The van der Waals surface area contributed by atoms with Gasteiger partial charge < -0.3 is 24.0 Å². The Kier molecular flexibility index (Phi) is 9.12. The molecule has 41 heavy (non-hydrogen) atoms. The van der Waals surface area contributed by atoms with E-state index >= 15 is 13.2 Å². The number of likely N-dealkylation sites (tertiary alicyclic amines) is 1. The number of piperidine rings is 1. The third-order valence-corrected chi connectivity index (χ3v) is 6.61. The molecule has 4 heterocycles. The van der Waals surface area contributed by atoms with Gasteiger partial charge in [0.1, 0.15) is 30.4 Å². The lowest BCUT2D eigenvalue weighted by Crippen LogP contribution is -2.43. The van der Waals surface area contributed by atoms with Gasteiger partial charge in [0.05, 0.1) is 18.1 Å². The molecule has 0 radical (unpaired) electrons. The van der Waals surface area contributed by atoms with Gasteiger partial charge in [-0.05, 0) is 47.5 Å². The quantitative estimate of drug-likeness (QED) is 0.324. The van der Waals surface area contributed by atoms with Crippen molar-refractivity contribution in [1.29, 1.82) is 0 Å². The topological polar surface area (TPSA) is 99.3 Å². The molecule has 226 valence electrons. The van der Waals surface area contributed by atoms with Crippen molar-refractivity contribution in [3.05, 3.63) is 29.8 Å². The number of halogens is 3. The number of hydrogen-bond donors (Lipinski definition) is 0. The van der Waals surface area contributed by atoms with Gasteiger partial charge in [-0.25, -0.2) is 9.78 Å². The standard InChI is InChI=1S/C27H38F3N7O4/c1-7-39-16-36(17-40-8-2)24-21(27(28,29)30)22(18-10-9-11-35(15-18)25(38)41-26(3,4)5)33-23-20(13-32-37(23)24)19-12-31-34(6)14-19/h12-14,18H,7-11,15-17H2,1-6H3. The molecular weight excluding hydrogens is 543 g/mol. The molecule has 0 bridgehead atoms. The minimum absolute atomic E-state index is 0.0356. The van der Waals surface area contributed by atoms with Gasteiger partial charge in [0.25, 0.3) is 0 Å². The van der Waals surface area contributed by atoms with Crippen LogP contribution in [0.3, 0.4) is 0 Å². The zero-order chi connectivity index (χ0) is 29.9. The Bertz CT molecular complexity index is 1340. The average molecular weight is 582 g/mol. The molecule has 0 spiro atoms. The highest BCUT2D eigenvalue weighted by atomic mass is 19.4. The fraction of sp³-hybridized carbons (Fsp3) is 0.630. The lowest BCUT2D eigenvalue weighted by molar-refractivity contribution is -0.138. The Morgan fingerprint density at radius 2 is 1.78 bits per heavy atom. The summed E-state index contributed by atoms with van der Waals surface area (Å²) in [4.78, 5) is 20.4. The van der Waals surface area contributed by atoms with Gasteiger partial charge >= 0.3 is 12.3 Å². The first-order valence-electron chi connectivity index (χ1n) is 13.7. The molecule has 1 atom stereocenters. The number of carbonyl (C=O) groups excluding carboxylic acids is 1. The summed E-state index contributed by atoms with van der Waals surface area (Å²) < 4.78 is 64.8. The van der Waals surface area contributed by atoms with Gasteiger partial charge in [0, 0.05) is 56.6 Å². The van der Waals surface area contributed by atoms with Crippen molar-refractivity contribution in [2.75, 3.05) is 44.7 Å². The first-order chi connectivity index (χ1) is 19.3. The van der Waals surface area contributed by atoms with E-state index < -0.39 is 29.4 Å². The van der Waals surface area contributed by atoms with Crippen molar-refractivity contribution in [3.63, 3.8) is 0 Å². The number of nitrogens with zero attached hydrogens (tertiary/aromatic N) is 7. The highest BCUT2D eigenvalue weighted by Gasteiger charge is 2.44. The SMILES string of the molecule is CCOCN(COCC)c1c(C(F)(F)F)c(C2CCCN(C(=O)OC(C)(C)C)C2)nc2c(-c3cnn(C)c3)cnn12. The van der Waals surface area contributed by atoms with E-state index in [1.807, 2.05) is 0 Å². The van der Waals surface area contributed by atoms with Gasteiger partial charge in [-0.1, -0.05) is 0 Å². The molecule has 0 saturated carbocycles. The van der Waals surface area contributed by atoms with E-state index in [-0.39, 0.29) is 37.2 Å². The molecule has 3 aromatic heterocycles. The summed E-state index contributed by atoms with van der Waals surface area (Å²) in [6.07, 6.45) is 0.402. The van der Waals surface area contributed by atoms with E-state index in [0.717, 1.165) is 0 Å². The Morgan fingerprint density at radius 3 is 2.34 bits per heavy atom. The van der Waals surface area contributed by atoms with Crippen LogP contribution in [-0.4, -0.2) is 80.7 Å². The van der Waals surface area contributed by atoms with Crippen molar-refractivity contribution in [2.24, 2.45) is 7.05 Å². The molecule has 14 heteroatoms. The second kappa shape index (κ2) is 12.2. The summed E-state index contributed by atoms with van der Waals surface area (Å²) in [5.74, 6) is -0.932. The number of aryl methyl sites for hydroxylation is 1. The number of amides is 1. The van der Waals surface area contributed by atoms with Crippen LogP contribution in [0.5, 0.6) is 0 Å². The predicted molar refractivity (Wildman–Crippen MR) is 145 cm³/mol. The van der Waals surface area contributed by atoms with Crippen molar-refractivity contribution in [2.45, 2.75) is 65.2 Å². The van der Waals surface area contributed by atoms with Crippen LogP contribution in [0.1, 0.15) is 64.6 Å². The van der Waals surface area contributed by atoms with Gasteiger partial charge in [-0.15, -0.1) is 0 Å². The van der Waals surface area contributed by atoms with E-state index in [0.29, 0.717) is 43.7 Å². The van der Waals surface area contributed by atoms with Gasteiger partial charge in [0.15, 0.2) is 5.65 Å². The fourth-order valence-electron chi connectivity index (χ4n) is 4.87.